The number of fused-ring (bicyclic) bond motifs is 2. The van der Waals surface area contributed by atoms with E-state index in [1.54, 1.807) is 0 Å². The maximum Gasteiger partial charge on any atom is 0.261 e. The highest BCUT2D eigenvalue weighted by molar-refractivity contribution is 5.79. The molecule has 100 valence electrons. The molecule has 3 rings (SSSR count). The minimum Gasteiger partial charge on any atom is -0.484 e. The number of carbonyl (C=O) groups is 1. The fourth-order valence-corrected chi connectivity index (χ4v) is 3.05. The summed E-state index contributed by atoms with van der Waals surface area (Å²) in [5.74, 6) is 0.913. The number of ether oxygens (including phenoxy) is 1. The van der Waals surface area contributed by atoms with Gasteiger partial charge in [0.15, 0.2) is 6.61 Å². The zero-order valence-corrected chi connectivity index (χ0v) is 11.2. The number of nitrogens with zero attached hydrogens (tertiary/aromatic N) is 1. The standard InChI is InChI=1S/C16H19NO2/c1-12-5-2-3-8-15(12)19-11-16(18)17-13-6-4-7-14(17)10-9-13/h2-6,8,13-14H,7,9-11H2,1H3. The maximum absolute atomic E-state index is 12.3. The Kier molecular flexibility index (Phi) is 3.28. The van der Waals surface area contributed by atoms with Crippen LogP contribution in [-0.4, -0.2) is 29.5 Å². The molecule has 2 atom stereocenters. The molecule has 2 heterocycles. The van der Waals surface area contributed by atoms with Gasteiger partial charge in [0.05, 0.1) is 6.04 Å². The average molecular weight is 257 g/mol. The van der Waals surface area contributed by atoms with E-state index in [-0.39, 0.29) is 12.5 Å². The van der Waals surface area contributed by atoms with Crippen LogP contribution in [0.2, 0.25) is 0 Å². The summed E-state index contributed by atoms with van der Waals surface area (Å²) in [6.07, 6.45) is 7.57. The number of para-hydroxylation sites is 1. The highest BCUT2D eigenvalue weighted by atomic mass is 16.5. The summed E-state index contributed by atoms with van der Waals surface area (Å²) in [4.78, 5) is 14.3. The normalized spacial score (nSPS) is 24.6. The zero-order chi connectivity index (χ0) is 13.2. The summed E-state index contributed by atoms with van der Waals surface area (Å²) < 4.78 is 5.66. The molecule has 0 saturated carbocycles. The summed E-state index contributed by atoms with van der Waals surface area (Å²) >= 11 is 0. The molecule has 1 aromatic rings. The summed E-state index contributed by atoms with van der Waals surface area (Å²) in [6.45, 7) is 2.14. The van der Waals surface area contributed by atoms with Crippen molar-refractivity contribution in [3.63, 3.8) is 0 Å². The first-order valence-corrected chi connectivity index (χ1v) is 6.92. The molecule has 3 nitrogen and oxygen atoms in total. The fraction of sp³-hybridized carbons (Fsp3) is 0.438. The molecule has 1 fully saturated rings. The average Bonchev–Trinajstić information content (AvgIpc) is 2.67. The van der Waals surface area contributed by atoms with Gasteiger partial charge in [0.2, 0.25) is 0 Å². The zero-order valence-electron chi connectivity index (χ0n) is 11.2. The number of carbonyl (C=O) groups excluding carboxylic acids is 1. The minimum absolute atomic E-state index is 0.111. The molecule has 2 aliphatic rings. The third-order valence-corrected chi connectivity index (χ3v) is 4.05. The van der Waals surface area contributed by atoms with E-state index in [2.05, 4.69) is 12.2 Å². The van der Waals surface area contributed by atoms with Crippen molar-refractivity contribution < 1.29 is 9.53 Å². The van der Waals surface area contributed by atoms with E-state index >= 15 is 0 Å². The molecule has 0 radical (unpaired) electrons. The van der Waals surface area contributed by atoms with Crippen LogP contribution in [-0.2, 0) is 4.79 Å². The van der Waals surface area contributed by atoms with Crippen molar-refractivity contribution in [1.82, 2.24) is 4.90 Å². The van der Waals surface area contributed by atoms with Gasteiger partial charge in [-0.05, 0) is 37.8 Å². The van der Waals surface area contributed by atoms with Crippen molar-refractivity contribution in [3.8, 4) is 5.75 Å². The van der Waals surface area contributed by atoms with E-state index in [1.165, 1.54) is 0 Å². The van der Waals surface area contributed by atoms with Gasteiger partial charge in [-0.2, -0.15) is 0 Å². The number of hydrogen-bond donors (Lipinski definition) is 0. The van der Waals surface area contributed by atoms with Gasteiger partial charge in [-0.15, -0.1) is 0 Å². The third kappa shape index (κ3) is 2.37. The summed E-state index contributed by atoms with van der Waals surface area (Å²) in [5, 5.41) is 0. The lowest BCUT2D eigenvalue weighted by Gasteiger charge is -2.31. The van der Waals surface area contributed by atoms with Crippen molar-refractivity contribution >= 4 is 5.91 Å². The Balaban J connectivity index is 1.63. The second kappa shape index (κ2) is 5.08. The number of benzene rings is 1. The van der Waals surface area contributed by atoms with Gasteiger partial charge < -0.3 is 9.64 Å². The first-order valence-electron chi connectivity index (χ1n) is 6.92. The van der Waals surface area contributed by atoms with Crippen LogP contribution in [0.1, 0.15) is 24.8 Å². The van der Waals surface area contributed by atoms with E-state index in [0.29, 0.717) is 12.1 Å². The number of aryl methyl sites for hydroxylation is 1. The van der Waals surface area contributed by atoms with Gasteiger partial charge in [-0.1, -0.05) is 30.4 Å². The minimum atomic E-state index is 0.111. The lowest BCUT2D eigenvalue weighted by Crippen LogP contribution is -2.44. The Morgan fingerprint density at radius 1 is 1.37 bits per heavy atom. The summed E-state index contributed by atoms with van der Waals surface area (Å²) in [7, 11) is 0. The second-order valence-corrected chi connectivity index (χ2v) is 5.32. The van der Waals surface area contributed by atoms with Crippen molar-refractivity contribution in [2.24, 2.45) is 0 Å². The molecular formula is C16H19NO2. The largest absolute Gasteiger partial charge is 0.484 e. The third-order valence-electron chi connectivity index (χ3n) is 4.05. The lowest BCUT2D eigenvalue weighted by atomic mass is 10.1. The Hall–Kier alpha value is -1.77. The molecule has 0 N–H and O–H groups in total. The fourth-order valence-electron chi connectivity index (χ4n) is 3.05. The molecule has 0 aromatic heterocycles. The second-order valence-electron chi connectivity index (χ2n) is 5.32. The molecule has 3 heteroatoms. The Labute approximate surface area is 113 Å². The topological polar surface area (TPSA) is 29.5 Å². The predicted molar refractivity (Wildman–Crippen MR) is 74.1 cm³/mol. The molecule has 2 unspecified atom stereocenters. The van der Waals surface area contributed by atoms with Crippen LogP contribution in [0.5, 0.6) is 5.75 Å². The molecule has 1 saturated heterocycles. The predicted octanol–water partition coefficient (Wildman–Crippen LogP) is 2.69. The van der Waals surface area contributed by atoms with E-state index in [4.69, 9.17) is 4.74 Å². The Bertz CT molecular complexity index is 509. The molecule has 2 bridgehead atoms. The molecule has 19 heavy (non-hydrogen) atoms. The summed E-state index contributed by atoms with van der Waals surface area (Å²) in [5.41, 5.74) is 1.07. The first-order chi connectivity index (χ1) is 9.25. The number of amides is 1. The molecule has 0 spiro atoms. The highest BCUT2D eigenvalue weighted by Gasteiger charge is 2.36. The Morgan fingerprint density at radius 3 is 3.00 bits per heavy atom. The van der Waals surface area contributed by atoms with Gasteiger partial charge >= 0.3 is 0 Å². The van der Waals surface area contributed by atoms with Crippen LogP contribution in [0.15, 0.2) is 36.4 Å². The summed E-state index contributed by atoms with van der Waals surface area (Å²) in [6, 6.07) is 8.50. The monoisotopic (exact) mass is 257 g/mol. The van der Waals surface area contributed by atoms with Gasteiger partial charge in [0.1, 0.15) is 5.75 Å². The van der Waals surface area contributed by atoms with Crippen molar-refractivity contribution in [2.75, 3.05) is 6.61 Å². The SMILES string of the molecule is Cc1ccccc1OCC(=O)N1C2C=CCC1CC2. The van der Waals surface area contributed by atoms with Crippen LogP contribution in [0.4, 0.5) is 0 Å². The lowest BCUT2D eigenvalue weighted by molar-refractivity contribution is -0.135. The van der Waals surface area contributed by atoms with Gasteiger partial charge in [-0.3, -0.25) is 4.79 Å². The molecule has 1 amide bonds. The van der Waals surface area contributed by atoms with Gasteiger partial charge in [0, 0.05) is 6.04 Å². The van der Waals surface area contributed by atoms with Crippen molar-refractivity contribution in [1.29, 1.82) is 0 Å². The van der Waals surface area contributed by atoms with Gasteiger partial charge in [-0.25, -0.2) is 0 Å². The highest BCUT2D eigenvalue weighted by Crippen LogP contribution is 2.31. The molecular weight excluding hydrogens is 238 g/mol. The first kappa shape index (κ1) is 12.3. The van der Waals surface area contributed by atoms with E-state index in [9.17, 15) is 4.79 Å². The Morgan fingerprint density at radius 2 is 2.21 bits per heavy atom. The van der Waals surface area contributed by atoms with Crippen LogP contribution < -0.4 is 4.74 Å². The van der Waals surface area contributed by atoms with E-state index < -0.39 is 0 Å². The molecule has 2 aliphatic heterocycles. The van der Waals surface area contributed by atoms with E-state index in [1.807, 2.05) is 36.1 Å². The maximum atomic E-state index is 12.3. The van der Waals surface area contributed by atoms with Crippen molar-refractivity contribution in [3.05, 3.63) is 42.0 Å². The smallest absolute Gasteiger partial charge is 0.261 e. The van der Waals surface area contributed by atoms with Crippen LogP contribution >= 0.6 is 0 Å². The van der Waals surface area contributed by atoms with E-state index in [0.717, 1.165) is 30.6 Å². The van der Waals surface area contributed by atoms with Crippen LogP contribution in [0, 0.1) is 6.92 Å². The van der Waals surface area contributed by atoms with Crippen LogP contribution in [0.3, 0.4) is 0 Å². The number of hydrogen-bond acceptors (Lipinski definition) is 2. The molecule has 1 aromatic carbocycles. The number of rotatable bonds is 3. The van der Waals surface area contributed by atoms with Crippen LogP contribution in [0.25, 0.3) is 0 Å². The quantitative estimate of drug-likeness (QED) is 0.779. The van der Waals surface area contributed by atoms with Gasteiger partial charge in [0.25, 0.3) is 5.91 Å². The van der Waals surface area contributed by atoms with Crippen molar-refractivity contribution in [2.45, 2.75) is 38.3 Å². The molecule has 0 aliphatic carbocycles.